The van der Waals surface area contributed by atoms with Crippen molar-refractivity contribution in [1.82, 2.24) is 14.5 Å². The molecule has 2 aromatic heterocycles. The first-order valence-corrected chi connectivity index (χ1v) is 14.4. The number of amidine groups is 1. The van der Waals surface area contributed by atoms with E-state index in [0.717, 1.165) is 11.2 Å². The number of aliphatic hydroxyl groups is 3. The normalized spacial score (nSPS) is 20.8. The molecule has 0 bridgehead atoms. The number of pyridine rings is 1. The van der Waals surface area contributed by atoms with Crippen LogP contribution < -0.4 is 16.0 Å². The zero-order chi connectivity index (χ0) is 33.8. The summed E-state index contributed by atoms with van der Waals surface area (Å²) in [5.74, 6) is -2.19. The SMILES string of the molecule is Cn1c(CNc2ccc(C(=N)N)cc2)nc2cc(C(=O)N(CCC(=O)OC3[C@@H](O)C(O)O[C@H](C(=O)O)[C@H]3O)c3ccccn3)ccc21. The molecule has 16 nitrogen and oxygen atoms in total. The van der Waals surface area contributed by atoms with Gasteiger partial charge in [0.05, 0.1) is 24.0 Å². The summed E-state index contributed by atoms with van der Waals surface area (Å²) < 4.78 is 11.7. The lowest BCUT2D eigenvalue weighted by molar-refractivity contribution is -0.283. The van der Waals surface area contributed by atoms with E-state index in [1.807, 2.05) is 23.7 Å². The number of carboxylic acids is 1. The number of rotatable bonds is 11. The molecule has 1 amide bonds. The number of nitrogens with two attached hydrogens (primary N) is 1. The number of amides is 1. The summed E-state index contributed by atoms with van der Waals surface area (Å²) in [4.78, 5) is 48.2. The summed E-state index contributed by atoms with van der Waals surface area (Å²) >= 11 is 0. The van der Waals surface area contributed by atoms with Gasteiger partial charge in [0.1, 0.15) is 29.7 Å². The lowest BCUT2D eigenvalue weighted by atomic mass is 9.98. The number of aryl methyl sites for hydroxylation is 1. The fourth-order valence-electron chi connectivity index (χ4n) is 5.08. The molecule has 4 aromatic rings. The van der Waals surface area contributed by atoms with Gasteiger partial charge in [-0.1, -0.05) is 6.07 Å². The van der Waals surface area contributed by atoms with Crippen molar-refractivity contribution in [2.45, 2.75) is 43.7 Å². The first-order valence-electron chi connectivity index (χ1n) is 14.4. The topological polar surface area (TPSA) is 246 Å². The number of anilines is 2. The Balaban J connectivity index is 1.30. The van der Waals surface area contributed by atoms with E-state index < -0.39 is 55.0 Å². The number of imidazole rings is 1. The summed E-state index contributed by atoms with van der Waals surface area (Å²) in [6.45, 7) is 0.143. The van der Waals surface area contributed by atoms with Gasteiger partial charge in [0.15, 0.2) is 18.5 Å². The Labute approximate surface area is 267 Å². The molecule has 0 aliphatic carbocycles. The van der Waals surface area contributed by atoms with Crippen LogP contribution in [0.4, 0.5) is 11.5 Å². The molecule has 2 unspecified atom stereocenters. The molecular formula is C31H33N7O9. The number of hydrogen-bond acceptors (Lipinski definition) is 12. The van der Waals surface area contributed by atoms with Crippen LogP contribution in [0.5, 0.6) is 0 Å². The standard InChI is InChI=1S/C31H33N7O9/c1-37-20-10-7-17(14-19(20)36-22(37)15-35-18-8-5-16(6-9-18)28(32)33)29(42)38(21-4-2-3-12-34-21)13-11-23(39)46-26-24(40)27(30(43)44)47-31(45)25(26)41/h2-10,12,14,24-27,31,35,40-41,45H,11,13,15H2,1H3,(H3,32,33)(H,43,44)/t24-,25+,26?,27-,31?/m0/s1. The highest BCUT2D eigenvalue weighted by Gasteiger charge is 2.49. The molecule has 2 aromatic carbocycles. The van der Waals surface area contributed by atoms with Crippen LogP contribution in [0.2, 0.25) is 0 Å². The Kier molecular flexibility index (Phi) is 9.76. The van der Waals surface area contributed by atoms with Crippen LogP contribution in [0.3, 0.4) is 0 Å². The fourth-order valence-corrected chi connectivity index (χ4v) is 5.08. The highest BCUT2D eigenvalue weighted by Crippen LogP contribution is 2.25. The molecular weight excluding hydrogens is 614 g/mol. The van der Waals surface area contributed by atoms with Gasteiger partial charge in [-0.25, -0.2) is 14.8 Å². The number of carboxylic acid groups (broad SMARTS) is 1. The molecule has 47 heavy (non-hydrogen) atoms. The van der Waals surface area contributed by atoms with Gasteiger partial charge in [0, 0.05) is 36.6 Å². The van der Waals surface area contributed by atoms with E-state index >= 15 is 0 Å². The Hall–Kier alpha value is -5.42. The number of nitrogen functional groups attached to an aromatic ring is 1. The molecule has 1 aliphatic heterocycles. The molecule has 3 heterocycles. The predicted octanol–water partition coefficient (Wildman–Crippen LogP) is 0.337. The largest absolute Gasteiger partial charge is 0.479 e. The molecule has 5 rings (SSSR count). The van der Waals surface area contributed by atoms with Crippen LogP contribution in [0.1, 0.15) is 28.2 Å². The number of fused-ring (bicyclic) bond motifs is 1. The lowest BCUT2D eigenvalue weighted by Gasteiger charge is -2.38. The van der Waals surface area contributed by atoms with Crippen LogP contribution in [0, 0.1) is 5.41 Å². The van der Waals surface area contributed by atoms with Crippen molar-refractivity contribution in [2.75, 3.05) is 16.8 Å². The minimum Gasteiger partial charge on any atom is -0.479 e. The Bertz CT molecular complexity index is 1780. The van der Waals surface area contributed by atoms with Crippen molar-refractivity contribution in [1.29, 1.82) is 5.41 Å². The number of hydrogen-bond donors (Lipinski definition) is 7. The van der Waals surface area contributed by atoms with Crippen molar-refractivity contribution in [3.63, 3.8) is 0 Å². The smallest absolute Gasteiger partial charge is 0.335 e. The Morgan fingerprint density at radius 1 is 1.06 bits per heavy atom. The van der Waals surface area contributed by atoms with E-state index in [2.05, 4.69) is 15.0 Å². The zero-order valence-electron chi connectivity index (χ0n) is 25.1. The minimum atomic E-state index is -2.01. The predicted molar refractivity (Wildman–Crippen MR) is 166 cm³/mol. The van der Waals surface area contributed by atoms with Gasteiger partial charge in [0.2, 0.25) is 0 Å². The van der Waals surface area contributed by atoms with Crippen LogP contribution in [0.15, 0.2) is 66.9 Å². The third-order valence-corrected chi connectivity index (χ3v) is 7.65. The second-order valence-electron chi connectivity index (χ2n) is 10.8. The van der Waals surface area contributed by atoms with Crippen LogP contribution in [-0.2, 0) is 32.7 Å². The van der Waals surface area contributed by atoms with E-state index in [0.29, 0.717) is 23.4 Å². The molecule has 0 radical (unpaired) electrons. The quantitative estimate of drug-likeness (QED) is 0.0660. The summed E-state index contributed by atoms with van der Waals surface area (Å²) in [5.41, 5.74) is 8.52. The van der Waals surface area contributed by atoms with Crippen molar-refractivity contribution >= 4 is 46.2 Å². The maximum absolute atomic E-state index is 13.8. The molecule has 16 heteroatoms. The number of aliphatic carboxylic acids is 1. The first-order chi connectivity index (χ1) is 22.4. The van der Waals surface area contributed by atoms with E-state index in [1.165, 1.54) is 11.1 Å². The third-order valence-electron chi connectivity index (χ3n) is 7.65. The van der Waals surface area contributed by atoms with Gasteiger partial charge in [-0.2, -0.15) is 0 Å². The zero-order valence-corrected chi connectivity index (χ0v) is 25.1. The van der Waals surface area contributed by atoms with E-state index in [1.54, 1.807) is 48.5 Å². The summed E-state index contributed by atoms with van der Waals surface area (Å²) in [6.07, 6.45) is -8.55. The van der Waals surface area contributed by atoms with E-state index in [9.17, 15) is 34.8 Å². The molecule has 0 saturated carbocycles. The number of carbonyl (C=O) groups excluding carboxylic acids is 2. The van der Waals surface area contributed by atoms with Crippen molar-refractivity contribution < 1.29 is 44.3 Å². The number of aliphatic hydroxyl groups excluding tert-OH is 3. The number of carbonyl (C=O) groups is 3. The fraction of sp³-hybridized carbons (Fsp3) is 0.290. The molecule has 1 saturated heterocycles. The molecule has 5 atom stereocenters. The van der Waals surface area contributed by atoms with Crippen molar-refractivity contribution in [3.8, 4) is 0 Å². The molecule has 8 N–H and O–H groups in total. The molecule has 1 fully saturated rings. The number of nitrogens with one attached hydrogen (secondary N) is 2. The molecule has 0 spiro atoms. The average molecular weight is 648 g/mol. The average Bonchev–Trinajstić information content (AvgIpc) is 3.38. The minimum absolute atomic E-state index is 0.0233. The van der Waals surface area contributed by atoms with Gasteiger partial charge in [-0.05, 0) is 54.6 Å². The third kappa shape index (κ3) is 7.20. The summed E-state index contributed by atoms with van der Waals surface area (Å²) in [6, 6.07) is 17.0. The Morgan fingerprint density at radius 3 is 2.45 bits per heavy atom. The van der Waals surface area contributed by atoms with Gasteiger partial charge in [0.25, 0.3) is 5.91 Å². The van der Waals surface area contributed by atoms with Gasteiger partial charge < -0.3 is 45.5 Å². The molecule has 246 valence electrons. The molecule has 1 aliphatic rings. The van der Waals surface area contributed by atoms with E-state index in [4.69, 9.17) is 20.9 Å². The number of aromatic nitrogens is 3. The summed E-state index contributed by atoms with van der Waals surface area (Å²) in [7, 11) is 1.85. The number of esters is 1. The van der Waals surface area contributed by atoms with Crippen molar-refractivity contribution in [3.05, 3.63) is 83.8 Å². The number of ether oxygens (including phenoxy) is 2. The van der Waals surface area contributed by atoms with Crippen LogP contribution in [-0.4, -0.2) is 95.9 Å². The number of benzene rings is 2. The van der Waals surface area contributed by atoms with Crippen LogP contribution >= 0.6 is 0 Å². The monoisotopic (exact) mass is 647 g/mol. The van der Waals surface area contributed by atoms with Gasteiger partial charge in [-0.3, -0.25) is 19.9 Å². The highest BCUT2D eigenvalue weighted by atomic mass is 16.7. The van der Waals surface area contributed by atoms with E-state index in [-0.39, 0.29) is 23.8 Å². The summed E-state index contributed by atoms with van der Waals surface area (Å²) in [5, 5.41) is 50.4. The maximum atomic E-state index is 13.8. The second-order valence-corrected chi connectivity index (χ2v) is 10.8. The lowest BCUT2D eigenvalue weighted by Crippen LogP contribution is -2.61. The van der Waals surface area contributed by atoms with Gasteiger partial charge >= 0.3 is 11.9 Å². The van der Waals surface area contributed by atoms with Gasteiger partial charge in [-0.15, -0.1) is 0 Å². The first kappa shape index (κ1) is 33.0. The highest BCUT2D eigenvalue weighted by molar-refractivity contribution is 6.07. The maximum Gasteiger partial charge on any atom is 0.335 e. The van der Waals surface area contributed by atoms with Crippen molar-refractivity contribution in [2.24, 2.45) is 12.8 Å². The second kappa shape index (κ2) is 13.9. The number of nitrogens with zero attached hydrogens (tertiary/aromatic N) is 4. The van der Waals surface area contributed by atoms with Crippen LogP contribution in [0.25, 0.3) is 11.0 Å². The Morgan fingerprint density at radius 2 is 1.79 bits per heavy atom.